The number of fused-ring (bicyclic) bond motifs is 5. The molecule has 1 saturated heterocycles. The Kier molecular flexibility index (Phi) is 8.21. The highest BCUT2D eigenvalue weighted by molar-refractivity contribution is 5.92. The summed E-state index contributed by atoms with van der Waals surface area (Å²) in [5, 5.41) is 8.11. The fraction of sp³-hybridized carbons (Fsp3) is 0.630. The molecular formula is C27H40N6O2. The number of aromatic nitrogens is 2. The predicted octanol–water partition coefficient (Wildman–Crippen LogP) is 4.42. The largest absolute Gasteiger partial charge is 0.358 e. The van der Waals surface area contributed by atoms with Crippen LogP contribution in [0.3, 0.4) is 0 Å². The van der Waals surface area contributed by atoms with E-state index in [-0.39, 0.29) is 17.7 Å². The molecule has 1 unspecified atom stereocenters. The molecule has 1 aromatic carbocycles. The van der Waals surface area contributed by atoms with Crippen LogP contribution < -0.4 is 5.32 Å². The fourth-order valence-corrected chi connectivity index (χ4v) is 5.31. The number of carbonyl (C=O) groups excluding carboxylic acids is 2. The summed E-state index contributed by atoms with van der Waals surface area (Å²) in [4.78, 5) is 38.3. The Balaban J connectivity index is 0.00000141. The molecule has 1 N–H and O–H groups in total. The maximum absolute atomic E-state index is 13.8. The standard InChI is InChI=1S/C25H34N6O2.C2H6/c1-17(2)23-25(33)31-16-29(22(32)14-18-8-4-3-5-9-18)12-13-30(31)15-21-26-20-11-7-6-10-19(20)24(27-21)28-23;1-2/h6-7,10-11,17-18,23H,3-5,8-9,12-16H2,1-2H3,(H,26,27,28);1-2H3. The van der Waals surface area contributed by atoms with Crippen LogP contribution in [-0.4, -0.2) is 62.5 Å². The highest BCUT2D eigenvalue weighted by Gasteiger charge is 2.38. The van der Waals surface area contributed by atoms with Gasteiger partial charge < -0.3 is 10.2 Å². The molecule has 2 bridgehead atoms. The second kappa shape index (κ2) is 11.3. The fourth-order valence-electron chi connectivity index (χ4n) is 5.31. The highest BCUT2D eigenvalue weighted by atomic mass is 16.2. The number of hydrazine groups is 1. The van der Waals surface area contributed by atoms with E-state index < -0.39 is 6.04 Å². The van der Waals surface area contributed by atoms with E-state index in [0.29, 0.717) is 50.3 Å². The minimum absolute atomic E-state index is 0.0199. The Labute approximate surface area is 209 Å². The van der Waals surface area contributed by atoms with Gasteiger partial charge in [-0.05, 0) is 36.8 Å². The molecule has 8 nitrogen and oxygen atoms in total. The molecule has 2 aliphatic heterocycles. The molecule has 0 radical (unpaired) electrons. The topological polar surface area (TPSA) is 81.7 Å². The molecule has 35 heavy (non-hydrogen) atoms. The van der Waals surface area contributed by atoms with Gasteiger partial charge in [0.05, 0.1) is 12.1 Å². The van der Waals surface area contributed by atoms with E-state index in [4.69, 9.17) is 9.97 Å². The Hall–Kier alpha value is -2.74. The van der Waals surface area contributed by atoms with E-state index in [1.807, 2.05) is 61.9 Å². The summed E-state index contributed by atoms with van der Waals surface area (Å²) in [5.41, 5.74) is 0.870. The first-order valence-corrected chi connectivity index (χ1v) is 13.4. The maximum Gasteiger partial charge on any atom is 0.261 e. The van der Waals surface area contributed by atoms with E-state index in [1.54, 1.807) is 5.01 Å². The molecule has 1 atom stereocenters. The van der Waals surface area contributed by atoms with Crippen LogP contribution in [0.4, 0.5) is 5.82 Å². The number of anilines is 1. The van der Waals surface area contributed by atoms with E-state index in [0.717, 1.165) is 23.7 Å². The van der Waals surface area contributed by atoms with Crippen LogP contribution in [0.25, 0.3) is 10.9 Å². The first-order valence-electron chi connectivity index (χ1n) is 13.4. The van der Waals surface area contributed by atoms with Gasteiger partial charge >= 0.3 is 0 Å². The number of amides is 2. The molecule has 3 heterocycles. The van der Waals surface area contributed by atoms with Gasteiger partial charge in [0.25, 0.3) is 5.91 Å². The van der Waals surface area contributed by atoms with Crippen molar-refractivity contribution in [3.05, 3.63) is 30.1 Å². The average molecular weight is 481 g/mol. The molecule has 0 spiro atoms. The van der Waals surface area contributed by atoms with Crippen molar-refractivity contribution in [1.29, 1.82) is 0 Å². The van der Waals surface area contributed by atoms with Gasteiger partial charge in [0.15, 0.2) is 0 Å². The number of nitrogens with one attached hydrogen (secondary N) is 1. The number of hydrogen-bond donors (Lipinski definition) is 1. The molecule has 1 saturated carbocycles. The van der Waals surface area contributed by atoms with Gasteiger partial charge in [-0.3, -0.25) is 14.6 Å². The van der Waals surface area contributed by atoms with Gasteiger partial charge in [-0.2, -0.15) is 0 Å². The van der Waals surface area contributed by atoms with Crippen molar-refractivity contribution in [3.8, 4) is 0 Å². The molecule has 1 aromatic heterocycles. The number of hydrogen-bond acceptors (Lipinski definition) is 6. The van der Waals surface area contributed by atoms with Crippen LogP contribution in [0.2, 0.25) is 0 Å². The van der Waals surface area contributed by atoms with E-state index >= 15 is 0 Å². The summed E-state index contributed by atoms with van der Waals surface area (Å²) in [7, 11) is 0. The SMILES string of the molecule is CC.CC(C)C1Nc2nc(nc3ccccc23)CN2CCN(C(=O)CC3CCCCC3)CN2C1=O. The van der Waals surface area contributed by atoms with Gasteiger partial charge in [-0.1, -0.05) is 59.1 Å². The quantitative estimate of drug-likeness (QED) is 0.700. The molecule has 2 fully saturated rings. The second-order valence-corrected chi connectivity index (χ2v) is 10.0. The minimum Gasteiger partial charge on any atom is -0.358 e. The zero-order valence-electron chi connectivity index (χ0n) is 21.7. The highest BCUT2D eigenvalue weighted by Crippen LogP contribution is 2.29. The lowest BCUT2D eigenvalue weighted by atomic mass is 9.86. The molecule has 8 heteroatoms. The zero-order valence-corrected chi connectivity index (χ0v) is 21.7. The number of para-hydroxylation sites is 1. The smallest absolute Gasteiger partial charge is 0.261 e. The van der Waals surface area contributed by atoms with Crippen LogP contribution >= 0.6 is 0 Å². The maximum atomic E-state index is 13.8. The van der Waals surface area contributed by atoms with Gasteiger partial charge in [0.2, 0.25) is 5.91 Å². The lowest BCUT2D eigenvalue weighted by molar-refractivity contribution is -0.172. The van der Waals surface area contributed by atoms with E-state index in [9.17, 15) is 9.59 Å². The molecule has 3 aliphatic rings. The van der Waals surface area contributed by atoms with Crippen LogP contribution in [0, 0.1) is 11.8 Å². The summed E-state index contributed by atoms with van der Waals surface area (Å²) in [6.07, 6.45) is 6.63. The van der Waals surface area contributed by atoms with Crippen LogP contribution in [0.1, 0.15) is 72.0 Å². The van der Waals surface area contributed by atoms with Crippen LogP contribution in [0.5, 0.6) is 0 Å². The molecule has 1 aliphatic carbocycles. The number of rotatable bonds is 3. The van der Waals surface area contributed by atoms with E-state index in [1.165, 1.54) is 19.3 Å². The van der Waals surface area contributed by atoms with Crippen molar-refractivity contribution in [1.82, 2.24) is 24.9 Å². The van der Waals surface area contributed by atoms with Gasteiger partial charge in [-0.15, -0.1) is 0 Å². The summed E-state index contributed by atoms with van der Waals surface area (Å²) in [5.74, 6) is 2.08. The Bertz CT molecular complexity index is 1040. The summed E-state index contributed by atoms with van der Waals surface area (Å²) in [6, 6.07) is 7.46. The molecule has 5 rings (SSSR count). The number of benzene rings is 1. The van der Waals surface area contributed by atoms with Crippen molar-refractivity contribution in [2.75, 3.05) is 25.1 Å². The number of carbonyl (C=O) groups is 2. The Morgan fingerprint density at radius 1 is 1.09 bits per heavy atom. The van der Waals surface area contributed by atoms with Gasteiger partial charge in [0.1, 0.15) is 24.4 Å². The molecule has 2 amide bonds. The average Bonchev–Trinajstić information content (AvgIpc) is 2.92. The Morgan fingerprint density at radius 2 is 1.83 bits per heavy atom. The Morgan fingerprint density at radius 3 is 2.57 bits per heavy atom. The zero-order chi connectivity index (χ0) is 24.9. The van der Waals surface area contributed by atoms with E-state index in [2.05, 4.69) is 5.32 Å². The third-order valence-corrected chi connectivity index (χ3v) is 7.27. The normalized spacial score (nSPS) is 21.4. The first-order chi connectivity index (χ1) is 17.0. The summed E-state index contributed by atoms with van der Waals surface area (Å²) >= 11 is 0. The summed E-state index contributed by atoms with van der Waals surface area (Å²) < 4.78 is 0. The molecular weight excluding hydrogens is 440 g/mol. The number of nitrogens with zero attached hydrogens (tertiary/aromatic N) is 5. The van der Waals surface area contributed by atoms with Gasteiger partial charge in [-0.25, -0.2) is 15.0 Å². The lowest BCUT2D eigenvalue weighted by Crippen LogP contribution is -2.62. The van der Waals surface area contributed by atoms with Crippen molar-refractivity contribution < 1.29 is 9.59 Å². The first kappa shape index (κ1) is 25.4. The van der Waals surface area contributed by atoms with Crippen molar-refractivity contribution >= 4 is 28.5 Å². The molecule has 190 valence electrons. The third kappa shape index (κ3) is 5.58. The van der Waals surface area contributed by atoms with Crippen molar-refractivity contribution in [3.63, 3.8) is 0 Å². The third-order valence-electron chi connectivity index (χ3n) is 7.27. The second-order valence-electron chi connectivity index (χ2n) is 10.0. The molecule has 2 aromatic rings. The van der Waals surface area contributed by atoms with Gasteiger partial charge in [0, 0.05) is 24.9 Å². The predicted molar refractivity (Wildman–Crippen MR) is 138 cm³/mol. The van der Waals surface area contributed by atoms with Crippen molar-refractivity contribution in [2.45, 2.75) is 78.8 Å². The van der Waals surface area contributed by atoms with Crippen LogP contribution in [-0.2, 0) is 16.1 Å². The monoisotopic (exact) mass is 480 g/mol. The van der Waals surface area contributed by atoms with Crippen molar-refractivity contribution in [2.24, 2.45) is 11.8 Å². The van der Waals surface area contributed by atoms with Crippen LogP contribution in [0.15, 0.2) is 24.3 Å². The minimum atomic E-state index is -0.440. The lowest BCUT2D eigenvalue weighted by Gasteiger charge is -2.44. The summed E-state index contributed by atoms with van der Waals surface area (Å²) in [6.45, 7) is 10.0.